The molecule has 0 fully saturated rings. The fraction of sp³-hybridized carbons (Fsp3) is 0.154. The third-order valence-electron chi connectivity index (χ3n) is 2.45. The minimum Gasteiger partial charge on any atom is -0.508 e. The number of anilines is 1. The number of aromatic nitrogens is 1. The summed E-state index contributed by atoms with van der Waals surface area (Å²) in [6, 6.07) is 9.38. The summed E-state index contributed by atoms with van der Waals surface area (Å²) in [4.78, 5) is 4.12. The molecule has 0 aliphatic rings. The van der Waals surface area contributed by atoms with Crippen LogP contribution in [0.15, 0.2) is 41.1 Å². The van der Waals surface area contributed by atoms with Gasteiger partial charge in [0.05, 0.1) is 11.9 Å². The highest BCUT2D eigenvalue weighted by atomic mass is 79.9. The number of benzene rings is 1. The van der Waals surface area contributed by atoms with Crippen molar-refractivity contribution >= 4 is 21.6 Å². The Morgan fingerprint density at radius 3 is 2.82 bits per heavy atom. The summed E-state index contributed by atoms with van der Waals surface area (Å²) < 4.78 is 0.807. The maximum absolute atomic E-state index is 9.69. The Morgan fingerprint density at radius 1 is 1.29 bits per heavy atom. The summed E-state index contributed by atoms with van der Waals surface area (Å²) in [7, 11) is 0. The minimum absolute atomic E-state index is 0.313. The van der Waals surface area contributed by atoms with Crippen LogP contribution in [0.3, 0.4) is 0 Å². The van der Waals surface area contributed by atoms with Gasteiger partial charge in [0.25, 0.3) is 0 Å². The van der Waals surface area contributed by atoms with E-state index in [1.54, 1.807) is 12.3 Å². The van der Waals surface area contributed by atoms with Gasteiger partial charge in [-0.25, -0.2) is 4.98 Å². The SMILES string of the molecule is Cc1ccc(O)c(CNc2ccc(Br)nc2)c1. The normalized spacial score (nSPS) is 10.2. The summed E-state index contributed by atoms with van der Waals surface area (Å²) in [5.74, 6) is 0.313. The summed E-state index contributed by atoms with van der Waals surface area (Å²) >= 11 is 3.28. The van der Waals surface area contributed by atoms with Crippen molar-refractivity contribution in [3.63, 3.8) is 0 Å². The van der Waals surface area contributed by atoms with Crippen LogP contribution in [0, 0.1) is 6.92 Å². The third-order valence-corrected chi connectivity index (χ3v) is 2.91. The van der Waals surface area contributed by atoms with E-state index in [0.29, 0.717) is 12.3 Å². The molecule has 1 aromatic carbocycles. The molecule has 1 heterocycles. The average Bonchev–Trinajstić information content (AvgIpc) is 2.32. The number of phenolic OH excluding ortho intramolecular Hbond substituents is 1. The Bertz CT molecular complexity index is 511. The highest BCUT2D eigenvalue weighted by Crippen LogP contribution is 2.19. The lowest BCUT2D eigenvalue weighted by Gasteiger charge is -2.08. The molecule has 0 amide bonds. The van der Waals surface area contributed by atoms with Crippen LogP contribution in [-0.2, 0) is 6.54 Å². The number of aryl methyl sites for hydroxylation is 1. The van der Waals surface area contributed by atoms with E-state index in [-0.39, 0.29) is 0 Å². The van der Waals surface area contributed by atoms with Gasteiger partial charge in [0.15, 0.2) is 0 Å². The molecule has 17 heavy (non-hydrogen) atoms. The average molecular weight is 293 g/mol. The second-order valence-corrected chi connectivity index (χ2v) is 4.67. The molecule has 4 heteroatoms. The molecule has 0 aliphatic carbocycles. The van der Waals surface area contributed by atoms with E-state index in [2.05, 4.69) is 26.2 Å². The monoisotopic (exact) mass is 292 g/mol. The Hall–Kier alpha value is -1.55. The summed E-state index contributed by atoms with van der Waals surface area (Å²) in [6.45, 7) is 2.58. The van der Waals surface area contributed by atoms with Gasteiger partial charge in [0.1, 0.15) is 10.4 Å². The summed E-state index contributed by atoms with van der Waals surface area (Å²) in [5.41, 5.74) is 2.94. The Morgan fingerprint density at radius 2 is 2.12 bits per heavy atom. The zero-order valence-electron chi connectivity index (χ0n) is 9.44. The molecule has 0 radical (unpaired) electrons. The summed E-state index contributed by atoms with van der Waals surface area (Å²) in [6.07, 6.45) is 1.75. The van der Waals surface area contributed by atoms with Crippen molar-refractivity contribution in [3.8, 4) is 5.75 Å². The number of nitrogens with one attached hydrogen (secondary N) is 1. The zero-order valence-corrected chi connectivity index (χ0v) is 11.0. The number of hydrogen-bond donors (Lipinski definition) is 2. The van der Waals surface area contributed by atoms with Gasteiger partial charge in [0, 0.05) is 12.1 Å². The first kappa shape index (κ1) is 11.9. The lowest BCUT2D eigenvalue weighted by Crippen LogP contribution is -2.00. The molecule has 0 bridgehead atoms. The third kappa shape index (κ3) is 3.20. The maximum atomic E-state index is 9.69. The number of pyridine rings is 1. The van der Waals surface area contributed by atoms with E-state index in [9.17, 15) is 5.11 Å². The number of aromatic hydroxyl groups is 1. The lowest BCUT2D eigenvalue weighted by molar-refractivity contribution is 0.469. The highest BCUT2D eigenvalue weighted by molar-refractivity contribution is 9.10. The van der Waals surface area contributed by atoms with E-state index < -0.39 is 0 Å². The van der Waals surface area contributed by atoms with Crippen molar-refractivity contribution in [1.82, 2.24) is 4.98 Å². The van der Waals surface area contributed by atoms with Crippen LogP contribution >= 0.6 is 15.9 Å². The van der Waals surface area contributed by atoms with Gasteiger partial charge in [-0.2, -0.15) is 0 Å². The molecule has 0 aliphatic heterocycles. The quantitative estimate of drug-likeness (QED) is 0.852. The van der Waals surface area contributed by atoms with Gasteiger partial charge >= 0.3 is 0 Å². The van der Waals surface area contributed by atoms with E-state index in [1.807, 2.05) is 31.2 Å². The molecule has 88 valence electrons. The number of hydrogen-bond acceptors (Lipinski definition) is 3. The van der Waals surface area contributed by atoms with Crippen LogP contribution in [0.4, 0.5) is 5.69 Å². The van der Waals surface area contributed by atoms with Gasteiger partial charge in [-0.15, -0.1) is 0 Å². The Kier molecular flexibility index (Phi) is 3.64. The van der Waals surface area contributed by atoms with Crippen molar-refractivity contribution in [1.29, 1.82) is 0 Å². The van der Waals surface area contributed by atoms with Crippen LogP contribution in [0.2, 0.25) is 0 Å². The van der Waals surface area contributed by atoms with Gasteiger partial charge in [-0.3, -0.25) is 0 Å². The molecule has 0 atom stereocenters. The number of nitrogens with zero attached hydrogens (tertiary/aromatic N) is 1. The molecule has 0 saturated heterocycles. The minimum atomic E-state index is 0.313. The maximum Gasteiger partial charge on any atom is 0.120 e. The second kappa shape index (κ2) is 5.19. The number of phenols is 1. The van der Waals surface area contributed by atoms with Crippen LogP contribution < -0.4 is 5.32 Å². The van der Waals surface area contributed by atoms with Crippen molar-refractivity contribution in [2.24, 2.45) is 0 Å². The predicted octanol–water partition coefficient (Wildman–Crippen LogP) is 3.47. The van der Waals surface area contributed by atoms with Crippen molar-refractivity contribution in [3.05, 3.63) is 52.3 Å². The smallest absolute Gasteiger partial charge is 0.120 e. The van der Waals surface area contributed by atoms with Gasteiger partial charge < -0.3 is 10.4 Å². The van der Waals surface area contributed by atoms with Crippen LogP contribution in [0.1, 0.15) is 11.1 Å². The van der Waals surface area contributed by atoms with Crippen LogP contribution in [0.5, 0.6) is 5.75 Å². The molecule has 0 spiro atoms. The molecule has 3 nitrogen and oxygen atoms in total. The number of rotatable bonds is 3. The molecule has 2 N–H and O–H groups in total. The van der Waals surface area contributed by atoms with E-state index in [4.69, 9.17) is 0 Å². The fourth-order valence-electron chi connectivity index (χ4n) is 1.53. The first-order chi connectivity index (χ1) is 8.15. The molecule has 0 unspecified atom stereocenters. The van der Waals surface area contributed by atoms with Crippen molar-refractivity contribution in [2.45, 2.75) is 13.5 Å². The largest absolute Gasteiger partial charge is 0.508 e. The molecule has 1 aromatic heterocycles. The zero-order chi connectivity index (χ0) is 12.3. The molecule has 2 aromatic rings. The van der Waals surface area contributed by atoms with Gasteiger partial charge in [-0.05, 0) is 41.1 Å². The van der Waals surface area contributed by atoms with Crippen molar-refractivity contribution < 1.29 is 5.11 Å². The van der Waals surface area contributed by atoms with Gasteiger partial charge in [0.2, 0.25) is 0 Å². The fourth-order valence-corrected chi connectivity index (χ4v) is 1.77. The standard InChI is InChI=1S/C13H13BrN2O/c1-9-2-4-12(17)10(6-9)7-15-11-3-5-13(14)16-8-11/h2-6,8,15,17H,7H2,1H3. The molecule has 2 rings (SSSR count). The van der Waals surface area contributed by atoms with Gasteiger partial charge in [-0.1, -0.05) is 17.7 Å². The lowest BCUT2D eigenvalue weighted by atomic mass is 10.1. The second-order valence-electron chi connectivity index (χ2n) is 3.86. The Balaban J connectivity index is 2.07. The van der Waals surface area contributed by atoms with E-state index in [0.717, 1.165) is 21.4 Å². The van der Waals surface area contributed by atoms with Crippen molar-refractivity contribution in [2.75, 3.05) is 5.32 Å². The molecular weight excluding hydrogens is 280 g/mol. The van der Waals surface area contributed by atoms with E-state index >= 15 is 0 Å². The Labute approximate surface area is 109 Å². The predicted molar refractivity (Wildman–Crippen MR) is 72.1 cm³/mol. The highest BCUT2D eigenvalue weighted by Gasteiger charge is 2.01. The topological polar surface area (TPSA) is 45.1 Å². The first-order valence-electron chi connectivity index (χ1n) is 5.29. The summed E-state index contributed by atoms with van der Waals surface area (Å²) in [5, 5.41) is 12.9. The molecule has 0 saturated carbocycles. The molecular formula is C13H13BrN2O. The van der Waals surface area contributed by atoms with E-state index in [1.165, 1.54) is 0 Å². The first-order valence-corrected chi connectivity index (χ1v) is 6.08. The van der Waals surface area contributed by atoms with Crippen LogP contribution in [-0.4, -0.2) is 10.1 Å². The number of halogens is 1. The van der Waals surface area contributed by atoms with Crippen LogP contribution in [0.25, 0.3) is 0 Å².